The highest BCUT2D eigenvalue weighted by Crippen LogP contribution is 2.53. The van der Waals surface area contributed by atoms with Crippen molar-refractivity contribution < 1.29 is 0 Å². The van der Waals surface area contributed by atoms with E-state index >= 15 is 0 Å². The normalized spacial score (nSPS) is 26.3. The van der Waals surface area contributed by atoms with Gasteiger partial charge in [0.25, 0.3) is 0 Å². The number of hydrogen-bond donors (Lipinski definition) is 1. The maximum Gasteiger partial charge on any atom is 0.173 e. The second-order valence-corrected chi connectivity index (χ2v) is 9.82. The molecule has 4 rings (SSSR count). The number of nitrogens with zero attached hydrogens (tertiary/aromatic N) is 5. The van der Waals surface area contributed by atoms with Crippen molar-refractivity contribution in [3.05, 3.63) is 52.9 Å². The summed E-state index contributed by atoms with van der Waals surface area (Å²) in [6.07, 6.45) is 8.70. The second kappa shape index (κ2) is 7.41. The summed E-state index contributed by atoms with van der Waals surface area (Å²) in [7, 11) is 0. The quantitative estimate of drug-likeness (QED) is 0.463. The molecule has 0 spiro atoms. The smallest absolute Gasteiger partial charge is 0.173 e. The molecule has 1 aliphatic heterocycles. The van der Waals surface area contributed by atoms with E-state index in [1.807, 2.05) is 18.3 Å². The van der Waals surface area contributed by atoms with Gasteiger partial charge in [-0.15, -0.1) is 5.10 Å². The number of aromatic nitrogens is 2. The number of fused-ring (bicyclic) bond motifs is 2. The zero-order valence-electron chi connectivity index (χ0n) is 17.1. The molecule has 1 saturated heterocycles. The van der Waals surface area contributed by atoms with E-state index in [-0.39, 0.29) is 5.84 Å². The molecule has 2 N–H and O–H groups in total. The summed E-state index contributed by atoms with van der Waals surface area (Å²) < 4.78 is 0. The number of benzene rings is 1. The Balaban J connectivity index is 1.52. The lowest BCUT2D eigenvalue weighted by atomic mass is 9.65. The Morgan fingerprint density at radius 3 is 2.72 bits per heavy atom. The van der Waals surface area contributed by atoms with Crippen molar-refractivity contribution in [3.8, 4) is 0 Å². The summed E-state index contributed by atoms with van der Waals surface area (Å²) in [5, 5.41) is 8.85. The minimum Gasteiger partial charge on any atom is -0.380 e. The highest BCUT2D eigenvalue weighted by Gasteiger charge is 2.50. The lowest BCUT2D eigenvalue weighted by molar-refractivity contribution is 0.136. The predicted molar refractivity (Wildman–Crippen MR) is 119 cm³/mol. The van der Waals surface area contributed by atoms with Crippen LogP contribution in [0.3, 0.4) is 0 Å². The van der Waals surface area contributed by atoms with Crippen molar-refractivity contribution in [1.29, 1.82) is 0 Å². The molecule has 152 valence electrons. The summed E-state index contributed by atoms with van der Waals surface area (Å²) >= 11 is 5.89. The highest BCUT2D eigenvalue weighted by atomic mass is 35.5. The van der Waals surface area contributed by atoms with Crippen molar-refractivity contribution in [3.63, 3.8) is 0 Å². The van der Waals surface area contributed by atoms with Gasteiger partial charge in [-0.1, -0.05) is 44.5 Å². The van der Waals surface area contributed by atoms with E-state index in [9.17, 15) is 0 Å². The molecule has 2 fully saturated rings. The van der Waals surface area contributed by atoms with E-state index in [1.165, 1.54) is 19.3 Å². The van der Waals surface area contributed by atoms with Crippen LogP contribution < -0.4 is 10.6 Å². The molecule has 7 heteroatoms. The Morgan fingerprint density at radius 1 is 1.21 bits per heavy atom. The fourth-order valence-corrected chi connectivity index (χ4v) is 5.23. The van der Waals surface area contributed by atoms with Gasteiger partial charge in [0.05, 0.1) is 18.6 Å². The monoisotopic (exact) mass is 410 g/mol. The van der Waals surface area contributed by atoms with E-state index in [1.54, 1.807) is 24.5 Å². The number of hydrogen-bond acceptors (Lipinski definition) is 5. The number of rotatable bonds is 4. The SMILES string of the molecule is CC1(C)C[C@H]2C[C@](C)(CN2c2cncc(/C(N)=N\N=C\c3ccc(Cl)cc3)n2)C1. The van der Waals surface area contributed by atoms with Gasteiger partial charge < -0.3 is 10.6 Å². The predicted octanol–water partition coefficient (Wildman–Crippen LogP) is 4.27. The van der Waals surface area contributed by atoms with Crippen molar-refractivity contribution in [2.45, 2.75) is 46.1 Å². The first-order chi connectivity index (χ1) is 13.7. The molecule has 1 aromatic heterocycles. The van der Waals surface area contributed by atoms with Crippen LogP contribution in [0.5, 0.6) is 0 Å². The Labute approximate surface area is 176 Å². The molecule has 0 unspecified atom stereocenters. The molecule has 1 aliphatic carbocycles. The first kappa shape index (κ1) is 19.8. The van der Waals surface area contributed by atoms with Crippen molar-refractivity contribution in [1.82, 2.24) is 9.97 Å². The lowest BCUT2D eigenvalue weighted by Crippen LogP contribution is -2.35. The van der Waals surface area contributed by atoms with E-state index in [0.29, 0.717) is 27.6 Å². The van der Waals surface area contributed by atoms with Crippen LogP contribution in [0.1, 0.15) is 51.3 Å². The maximum absolute atomic E-state index is 6.12. The van der Waals surface area contributed by atoms with Crippen LogP contribution in [0, 0.1) is 10.8 Å². The molecule has 0 radical (unpaired) electrons. The molecule has 2 bridgehead atoms. The third-order valence-corrected chi connectivity index (χ3v) is 6.09. The van der Waals surface area contributed by atoms with E-state index in [0.717, 1.165) is 17.9 Å². The van der Waals surface area contributed by atoms with Gasteiger partial charge in [-0.2, -0.15) is 5.10 Å². The summed E-state index contributed by atoms with van der Waals surface area (Å²) in [5.41, 5.74) is 8.24. The van der Waals surface area contributed by atoms with Crippen molar-refractivity contribution >= 4 is 29.5 Å². The van der Waals surface area contributed by atoms with Gasteiger partial charge in [0, 0.05) is 17.6 Å². The Morgan fingerprint density at radius 2 is 1.97 bits per heavy atom. The van der Waals surface area contributed by atoms with Gasteiger partial charge in [-0.3, -0.25) is 4.98 Å². The van der Waals surface area contributed by atoms with Crippen LogP contribution in [0.2, 0.25) is 5.02 Å². The zero-order valence-corrected chi connectivity index (χ0v) is 17.9. The van der Waals surface area contributed by atoms with Crippen LogP contribution in [0.15, 0.2) is 46.9 Å². The first-order valence-electron chi connectivity index (χ1n) is 9.94. The van der Waals surface area contributed by atoms with Crippen molar-refractivity contribution in [2.24, 2.45) is 26.8 Å². The van der Waals surface area contributed by atoms with Gasteiger partial charge in [-0.25, -0.2) is 4.98 Å². The minimum absolute atomic E-state index is 0.248. The average molecular weight is 411 g/mol. The van der Waals surface area contributed by atoms with Gasteiger partial charge in [-0.05, 0) is 47.8 Å². The summed E-state index contributed by atoms with van der Waals surface area (Å²) in [6.45, 7) is 8.13. The molecule has 2 atom stereocenters. The molecule has 29 heavy (non-hydrogen) atoms. The van der Waals surface area contributed by atoms with Crippen LogP contribution in [-0.4, -0.2) is 34.6 Å². The van der Waals surface area contributed by atoms with Gasteiger partial charge in [0.2, 0.25) is 0 Å². The van der Waals surface area contributed by atoms with Crippen LogP contribution in [0.25, 0.3) is 0 Å². The van der Waals surface area contributed by atoms with Crippen LogP contribution >= 0.6 is 11.6 Å². The fraction of sp³-hybridized carbons (Fsp3) is 0.455. The molecule has 2 aromatic rings. The largest absolute Gasteiger partial charge is 0.380 e. The van der Waals surface area contributed by atoms with Gasteiger partial charge in [0.15, 0.2) is 5.84 Å². The summed E-state index contributed by atoms with van der Waals surface area (Å²) in [5.74, 6) is 1.12. The third-order valence-electron chi connectivity index (χ3n) is 5.84. The average Bonchev–Trinajstić information content (AvgIpc) is 2.92. The highest BCUT2D eigenvalue weighted by molar-refractivity contribution is 6.30. The summed E-state index contributed by atoms with van der Waals surface area (Å²) in [6, 6.07) is 7.84. The molecule has 1 saturated carbocycles. The zero-order chi connectivity index (χ0) is 20.6. The molecule has 2 aliphatic rings. The molecule has 2 heterocycles. The Kier molecular flexibility index (Phi) is 5.07. The van der Waals surface area contributed by atoms with Crippen LogP contribution in [0.4, 0.5) is 5.82 Å². The molecular weight excluding hydrogens is 384 g/mol. The molecule has 1 aromatic carbocycles. The number of halogens is 1. The number of nitrogens with two attached hydrogens (primary N) is 1. The first-order valence-corrected chi connectivity index (χ1v) is 10.3. The van der Waals surface area contributed by atoms with Crippen LogP contribution in [-0.2, 0) is 0 Å². The second-order valence-electron chi connectivity index (χ2n) is 9.39. The number of anilines is 1. The van der Waals surface area contributed by atoms with Gasteiger partial charge >= 0.3 is 0 Å². The minimum atomic E-state index is 0.248. The third kappa shape index (κ3) is 4.42. The van der Waals surface area contributed by atoms with Crippen molar-refractivity contribution in [2.75, 3.05) is 11.4 Å². The Hall–Kier alpha value is -2.47. The molecule has 6 nitrogen and oxygen atoms in total. The molecular formula is C22H27ClN6. The number of amidine groups is 1. The topological polar surface area (TPSA) is 79.8 Å². The van der Waals surface area contributed by atoms with E-state index < -0.39 is 0 Å². The molecule has 0 amide bonds. The lowest BCUT2D eigenvalue weighted by Gasteiger charge is -2.39. The van der Waals surface area contributed by atoms with Gasteiger partial charge in [0.1, 0.15) is 11.5 Å². The maximum atomic E-state index is 6.12. The van der Waals surface area contributed by atoms with E-state index in [2.05, 4.69) is 40.9 Å². The standard InChI is InChI=1S/C22H27ClN6/c1-21(2)8-17-9-22(3,13-21)14-29(17)19-12-25-11-18(27-19)20(24)28-26-10-15-4-6-16(23)7-5-15/h4-7,10-12,17H,8-9,13-14H2,1-3H3,(H2,24,28)/b26-10+/t17-,22-/m0/s1. The fourth-order valence-electron chi connectivity index (χ4n) is 5.10. The Bertz CT molecular complexity index is 952. The van der Waals surface area contributed by atoms with E-state index in [4.69, 9.17) is 22.3 Å². The summed E-state index contributed by atoms with van der Waals surface area (Å²) in [4.78, 5) is 11.5.